The van der Waals surface area contributed by atoms with E-state index in [0.29, 0.717) is 13.0 Å². The number of nitrogens with two attached hydrogens (primary N) is 1. The largest absolute Gasteiger partial charge is 0.370 e. The SMILES string of the molecule is NCC1(CC(=O)Nc2ccccc2N2CCCCC2)CCCCC1. The van der Waals surface area contributed by atoms with Gasteiger partial charge in [-0.25, -0.2) is 0 Å². The van der Waals surface area contributed by atoms with Crippen molar-refractivity contribution in [2.45, 2.75) is 57.8 Å². The molecule has 0 unspecified atom stereocenters. The smallest absolute Gasteiger partial charge is 0.225 e. The second kappa shape index (κ2) is 8.02. The molecule has 4 heteroatoms. The third-order valence-electron chi connectivity index (χ3n) is 5.76. The van der Waals surface area contributed by atoms with Gasteiger partial charge < -0.3 is 16.0 Å². The van der Waals surface area contributed by atoms with Crippen LogP contribution in [0.25, 0.3) is 0 Å². The first-order valence-corrected chi connectivity index (χ1v) is 9.56. The molecule has 3 rings (SSSR count). The Hall–Kier alpha value is -1.55. The van der Waals surface area contributed by atoms with Gasteiger partial charge >= 0.3 is 0 Å². The Kier molecular flexibility index (Phi) is 5.77. The number of carbonyl (C=O) groups is 1. The first-order valence-electron chi connectivity index (χ1n) is 9.56. The summed E-state index contributed by atoms with van der Waals surface area (Å²) in [6.45, 7) is 2.79. The third-order valence-corrected chi connectivity index (χ3v) is 5.76. The zero-order valence-corrected chi connectivity index (χ0v) is 14.7. The number of nitrogens with one attached hydrogen (secondary N) is 1. The minimum absolute atomic E-state index is 0.0163. The average Bonchev–Trinajstić information content (AvgIpc) is 2.63. The van der Waals surface area contributed by atoms with E-state index in [4.69, 9.17) is 5.73 Å². The molecule has 0 aromatic heterocycles. The second-order valence-corrected chi connectivity index (χ2v) is 7.55. The molecule has 1 heterocycles. The van der Waals surface area contributed by atoms with Gasteiger partial charge in [0.15, 0.2) is 0 Å². The van der Waals surface area contributed by atoms with Gasteiger partial charge in [0.05, 0.1) is 11.4 Å². The van der Waals surface area contributed by atoms with Crippen molar-refractivity contribution < 1.29 is 4.79 Å². The fraction of sp³-hybridized carbons (Fsp3) is 0.650. The van der Waals surface area contributed by atoms with Crippen LogP contribution in [-0.4, -0.2) is 25.5 Å². The monoisotopic (exact) mass is 329 g/mol. The Bertz CT molecular complexity index is 546. The van der Waals surface area contributed by atoms with E-state index in [-0.39, 0.29) is 11.3 Å². The number of anilines is 2. The van der Waals surface area contributed by atoms with Crippen molar-refractivity contribution >= 4 is 17.3 Å². The molecule has 2 aliphatic rings. The Morgan fingerprint density at radius 3 is 2.42 bits per heavy atom. The van der Waals surface area contributed by atoms with Crippen LogP contribution in [0, 0.1) is 5.41 Å². The zero-order valence-electron chi connectivity index (χ0n) is 14.7. The molecule has 1 amide bonds. The van der Waals surface area contributed by atoms with Gasteiger partial charge in [-0.1, -0.05) is 31.4 Å². The topological polar surface area (TPSA) is 58.4 Å². The minimum atomic E-state index is 0.0163. The summed E-state index contributed by atoms with van der Waals surface area (Å²) < 4.78 is 0. The number of carbonyl (C=O) groups excluding carboxylic acids is 1. The van der Waals surface area contributed by atoms with Gasteiger partial charge in [-0.15, -0.1) is 0 Å². The summed E-state index contributed by atoms with van der Waals surface area (Å²) >= 11 is 0. The van der Waals surface area contributed by atoms with Crippen LogP contribution in [0.1, 0.15) is 57.8 Å². The zero-order chi connectivity index (χ0) is 16.8. The molecule has 1 aliphatic heterocycles. The number of nitrogens with zero attached hydrogens (tertiary/aromatic N) is 1. The first-order chi connectivity index (χ1) is 11.7. The number of hydrogen-bond acceptors (Lipinski definition) is 3. The van der Waals surface area contributed by atoms with E-state index in [9.17, 15) is 4.79 Å². The molecule has 24 heavy (non-hydrogen) atoms. The number of hydrogen-bond donors (Lipinski definition) is 2. The van der Waals surface area contributed by atoms with Crippen molar-refractivity contribution in [3.63, 3.8) is 0 Å². The summed E-state index contributed by atoms with van der Waals surface area (Å²) in [5.74, 6) is 0.117. The van der Waals surface area contributed by atoms with Gasteiger partial charge in [0.25, 0.3) is 0 Å². The molecule has 1 aliphatic carbocycles. The van der Waals surface area contributed by atoms with Gasteiger partial charge in [-0.3, -0.25) is 4.79 Å². The highest BCUT2D eigenvalue weighted by Crippen LogP contribution is 2.39. The van der Waals surface area contributed by atoms with E-state index in [1.807, 2.05) is 12.1 Å². The van der Waals surface area contributed by atoms with Crippen molar-refractivity contribution in [3.8, 4) is 0 Å². The third kappa shape index (κ3) is 4.10. The quantitative estimate of drug-likeness (QED) is 0.861. The highest BCUT2D eigenvalue weighted by atomic mass is 16.1. The van der Waals surface area contributed by atoms with Gasteiger partial charge in [0.2, 0.25) is 5.91 Å². The highest BCUT2D eigenvalue weighted by molar-refractivity contribution is 5.94. The molecule has 0 spiro atoms. The van der Waals surface area contributed by atoms with Crippen LogP contribution < -0.4 is 16.0 Å². The minimum Gasteiger partial charge on any atom is -0.370 e. The van der Waals surface area contributed by atoms with E-state index in [1.165, 1.54) is 38.5 Å². The van der Waals surface area contributed by atoms with Crippen molar-refractivity contribution in [1.82, 2.24) is 0 Å². The first kappa shape index (κ1) is 17.3. The average molecular weight is 329 g/mol. The fourth-order valence-corrected chi connectivity index (χ4v) is 4.28. The van der Waals surface area contributed by atoms with Crippen LogP contribution in [0.15, 0.2) is 24.3 Å². The normalized spacial score (nSPS) is 20.6. The lowest BCUT2D eigenvalue weighted by Gasteiger charge is -2.36. The summed E-state index contributed by atoms with van der Waals surface area (Å²) in [6.07, 6.45) is 10.2. The van der Waals surface area contributed by atoms with Gasteiger partial charge in [0.1, 0.15) is 0 Å². The molecule has 2 fully saturated rings. The standard InChI is InChI=1S/C20H31N3O/c21-16-20(11-5-1-6-12-20)15-19(24)22-17-9-3-4-10-18(17)23-13-7-2-8-14-23/h3-4,9-10H,1-2,5-8,11-16,21H2,(H,22,24). The van der Waals surface area contributed by atoms with Crippen LogP contribution in [-0.2, 0) is 4.79 Å². The lowest BCUT2D eigenvalue weighted by Crippen LogP contribution is -2.37. The molecule has 132 valence electrons. The molecule has 1 aromatic rings. The predicted octanol–water partition coefficient (Wildman–Crippen LogP) is 3.91. The number of para-hydroxylation sites is 2. The molecule has 3 N–H and O–H groups in total. The van der Waals surface area contributed by atoms with Crippen LogP contribution in [0.2, 0.25) is 0 Å². The van der Waals surface area contributed by atoms with Crippen molar-refractivity contribution in [1.29, 1.82) is 0 Å². The van der Waals surface area contributed by atoms with E-state index < -0.39 is 0 Å². The molecule has 1 saturated heterocycles. The number of benzene rings is 1. The molecule has 0 bridgehead atoms. The van der Waals surface area contributed by atoms with Crippen molar-refractivity contribution in [2.24, 2.45) is 11.1 Å². The predicted molar refractivity (Wildman–Crippen MR) is 100 cm³/mol. The van der Waals surface area contributed by atoms with Crippen LogP contribution in [0.5, 0.6) is 0 Å². The molecule has 0 radical (unpaired) electrons. The maximum absolute atomic E-state index is 12.7. The lowest BCUT2D eigenvalue weighted by molar-refractivity contribution is -0.118. The summed E-state index contributed by atoms with van der Waals surface area (Å²) in [7, 11) is 0. The summed E-state index contributed by atoms with van der Waals surface area (Å²) in [5, 5.41) is 3.18. The maximum Gasteiger partial charge on any atom is 0.225 e. The van der Waals surface area contributed by atoms with E-state index in [1.54, 1.807) is 0 Å². The Labute approximate surface area is 145 Å². The van der Waals surface area contributed by atoms with E-state index >= 15 is 0 Å². The Morgan fingerprint density at radius 1 is 1.04 bits per heavy atom. The van der Waals surface area contributed by atoms with E-state index in [2.05, 4.69) is 22.3 Å². The molecule has 4 nitrogen and oxygen atoms in total. The molecular weight excluding hydrogens is 298 g/mol. The molecule has 1 saturated carbocycles. The Balaban J connectivity index is 1.67. The lowest BCUT2D eigenvalue weighted by atomic mass is 9.71. The summed E-state index contributed by atoms with van der Waals surface area (Å²) in [5.41, 5.74) is 8.17. The summed E-state index contributed by atoms with van der Waals surface area (Å²) in [6, 6.07) is 8.21. The number of rotatable bonds is 5. The molecule has 1 aromatic carbocycles. The van der Waals surface area contributed by atoms with Crippen molar-refractivity contribution in [3.05, 3.63) is 24.3 Å². The fourth-order valence-electron chi connectivity index (χ4n) is 4.28. The number of amides is 1. The number of piperidine rings is 1. The summed E-state index contributed by atoms with van der Waals surface area (Å²) in [4.78, 5) is 15.1. The van der Waals surface area contributed by atoms with Gasteiger partial charge in [-0.05, 0) is 56.2 Å². The Morgan fingerprint density at radius 2 is 1.71 bits per heavy atom. The van der Waals surface area contributed by atoms with Gasteiger partial charge in [-0.2, -0.15) is 0 Å². The van der Waals surface area contributed by atoms with Crippen LogP contribution in [0.4, 0.5) is 11.4 Å². The van der Waals surface area contributed by atoms with Crippen molar-refractivity contribution in [2.75, 3.05) is 29.9 Å². The highest BCUT2D eigenvalue weighted by Gasteiger charge is 2.33. The molecule has 0 atom stereocenters. The second-order valence-electron chi connectivity index (χ2n) is 7.55. The van der Waals surface area contributed by atoms with Crippen LogP contribution in [0.3, 0.4) is 0 Å². The van der Waals surface area contributed by atoms with Gasteiger partial charge in [0, 0.05) is 19.5 Å². The van der Waals surface area contributed by atoms with Crippen LogP contribution >= 0.6 is 0 Å². The molecular formula is C20H31N3O. The van der Waals surface area contributed by atoms with E-state index in [0.717, 1.165) is 37.3 Å². The maximum atomic E-state index is 12.7.